The lowest BCUT2D eigenvalue weighted by Crippen LogP contribution is -1.97. The third-order valence-corrected chi connectivity index (χ3v) is 4.75. The standard InChI is InChI=1S/C7H10O6P2/c8-14(9,10)6-15(11,12)13-7-4-2-1-3-5-7/h1-5H,6H2,(H,11,12)(H2,8,9,10). The summed E-state index contributed by atoms with van der Waals surface area (Å²) in [5.74, 6) is -1.09. The van der Waals surface area contributed by atoms with Gasteiger partial charge in [-0.15, -0.1) is 0 Å². The van der Waals surface area contributed by atoms with Crippen molar-refractivity contribution in [3.05, 3.63) is 30.3 Å². The van der Waals surface area contributed by atoms with Crippen molar-refractivity contribution < 1.29 is 28.3 Å². The number of hydrogen-bond acceptors (Lipinski definition) is 3. The molecular weight excluding hydrogens is 242 g/mol. The monoisotopic (exact) mass is 252 g/mol. The van der Waals surface area contributed by atoms with Crippen molar-refractivity contribution in [1.29, 1.82) is 0 Å². The maximum Gasteiger partial charge on any atom is 0.388 e. The summed E-state index contributed by atoms with van der Waals surface area (Å²) in [5.41, 5.74) is 0. The third kappa shape index (κ3) is 5.11. The summed E-state index contributed by atoms with van der Waals surface area (Å²) in [7, 11) is -8.86. The highest BCUT2D eigenvalue weighted by Gasteiger charge is 2.31. The van der Waals surface area contributed by atoms with Gasteiger partial charge in [-0.25, -0.2) is 4.57 Å². The summed E-state index contributed by atoms with van der Waals surface area (Å²) in [6.45, 7) is 0. The van der Waals surface area contributed by atoms with Crippen molar-refractivity contribution in [3.8, 4) is 5.75 Å². The van der Waals surface area contributed by atoms with Gasteiger partial charge >= 0.3 is 15.2 Å². The maximum absolute atomic E-state index is 11.2. The molecule has 0 spiro atoms. The molecule has 1 aromatic rings. The molecule has 0 heterocycles. The Bertz CT molecular complexity index is 411. The number of rotatable bonds is 4. The van der Waals surface area contributed by atoms with Crippen LogP contribution < -0.4 is 4.52 Å². The van der Waals surface area contributed by atoms with E-state index in [4.69, 9.17) is 14.7 Å². The van der Waals surface area contributed by atoms with Crippen LogP contribution >= 0.6 is 15.2 Å². The molecule has 15 heavy (non-hydrogen) atoms. The zero-order chi connectivity index (χ0) is 11.5. The average Bonchev–Trinajstić information content (AvgIpc) is 1.99. The van der Waals surface area contributed by atoms with Crippen LogP contribution in [0.15, 0.2) is 30.3 Å². The summed E-state index contributed by atoms with van der Waals surface area (Å²) in [6, 6.07) is 7.67. The van der Waals surface area contributed by atoms with E-state index in [1.807, 2.05) is 0 Å². The number of benzene rings is 1. The summed E-state index contributed by atoms with van der Waals surface area (Å²) < 4.78 is 26.4. The second-order valence-corrected chi connectivity index (χ2v) is 6.77. The predicted octanol–water partition coefficient (Wildman–Crippen LogP) is 1.39. The largest absolute Gasteiger partial charge is 0.424 e. The first-order valence-corrected chi connectivity index (χ1v) is 7.46. The lowest BCUT2D eigenvalue weighted by molar-refractivity contribution is 0.360. The average molecular weight is 252 g/mol. The number of hydrogen-bond donors (Lipinski definition) is 3. The fourth-order valence-corrected chi connectivity index (χ4v) is 3.45. The second-order valence-electron chi connectivity index (χ2n) is 2.85. The molecule has 1 aromatic carbocycles. The summed E-state index contributed by atoms with van der Waals surface area (Å²) in [6.07, 6.45) is 0. The van der Waals surface area contributed by atoms with Crippen molar-refractivity contribution in [2.45, 2.75) is 0 Å². The molecule has 6 nitrogen and oxygen atoms in total. The van der Waals surface area contributed by atoms with E-state index >= 15 is 0 Å². The Kier molecular flexibility index (Phi) is 3.71. The maximum atomic E-state index is 11.2. The van der Waals surface area contributed by atoms with E-state index in [-0.39, 0.29) is 5.75 Å². The van der Waals surface area contributed by atoms with Gasteiger partial charge in [0.15, 0.2) is 5.90 Å². The van der Waals surface area contributed by atoms with Crippen LogP contribution in [0.25, 0.3) is 0 Å². The normalized spacial score (nSPS) is 15.7. The molecule has 0 aromatic heterocycles. The van der Waals surface area contributed by atoms with Gasteiger partial charge in [-0.05, 0) is 12.1 Å². The zero-order valence-electron chi connectivity index (χ0n) is 7.55. The summed E-state index contributed by atoms with van der Waals surface area (Å²) >= 11 is 0. The van der Waals surface area contributed by atoms with Crippen LogP contribution in [0, 0.1) is 0 Å². The molecule has 1 rings (SSSR count). The molecule has 1 unspecified atom stereocenters. The van der Waals surface area contributed by atoms with E-state index in [9.17, 15) is 9.13 Å². The van der Waals surface area contributed by atoms with Crippen LogP contribution in [-0.2, 0) is 9.13 Å². The van der Waals surface area contributed by atoms with Crippen molar-refractivity contribution in [1.82, 2.24) is 0 Å². The minimum absolute atomic E-state index is 0.0942. The molecule has 1 atom stereocenters. The Morgan fingerprint density at radius 1 is 1.07 bits per heavy atom. The van der Waals surface area contributed by atoms with Crippen molar-refractivity contribution in [3.63, 3.8) is 0 Å². The zero-order valence-corrected chi connectivity index (χ0v) is 9.34. The highest BCUT2D eigenvalue weighted by atomic mass is 31.2. The first-order valence-electron chi connectivity index (χ1n) is 3.89. The van der Waals surface area contributed by atoms with E-state index < -0.39 is 21.1 Å². The highest BCUT2D eigenvalue weighted by Crippen LogP contribution is 2.54. The van der Waals surface area contributed by atoms with E-state index in [1.54, 1.807) is 18.2 Å². The Labute approximate surface area is 86.2 Å². The molecule has 0 bridgehead atoms. The van der Waals surface area contributed by atoms with Gasteiger partial charge in [-0.1, -0.05) is 18.2 Å². The minimum atomic E-state index is -4.56. The van der Waals surface area contributed by atoms with Gasteiger partial charge in [0.25, 0.3) is 0 Å². The van der Waals surface area contributed by atoms with Crippen LogP contribution in [0.3, 0.4) is 0 Å². The van der Waals surface area contributed by atoms with E-state index in [1.165, 1.54) is 12.1 Å². The predicted molar refractivity (Wildman–Crippen MR) is 53.8 cm³/mol. The Hall–Kier alpha value is -0.640. The molecule has 8 heteroatoms. The second kappa shape index (κ2) is 4.47. The molecular formula is C7H10O6P2. The first kappa shape index (κ1) is 12.4. The smallest absolute Gasteiger partial charge is 0.388 e. The molecule has 0 radical (unpaired) electrons. The number of para-hydroxylation sites is 1. The lowest BCUT2D eigenvalue weighted by Gasteiger charge is -2.13. The van der Waals surface area contributed by atoms with Crippen LogP contribution in [0.2, 0.25) is 0 Å². The van der Waals surface area contributed by atoms with Gasteiger partial charge in [-0.3, -0.25) is 4.57 Å². The molecule has 0 saturated heterocycles. The van der Waals surface area contributed by atoms with Gasteiger partial charge in [-0.2, -0.15) is 0 Å². The van der Waals surface area contributed by atoms with E-state index in [0.717, 1.165) is 0 Å². The van der Waals surface area contributed by atoms with Gasteiger partial charge in [0.1, 0.15) is 5.75 Å². The quantitative estimate of drug-likeness (QED) is 0.699. The molecule has 0 aliphatic carbocycles. The molecule has 0 aliphatic heterocycles. The van der Waals surface area contributed by atoms with Crippen molar-refractivity contribution in [2.75, 3.05) is 5.90 Å². The van der Waals surface area contributed by atoms with Crippen LogP contribution in [0.4, 0.5) is 0 Å². The van der Waals surface area contributed by atoms with Crippen LogP contribution in [0.1, 0.15) is 0 Å². The fourth-order valence-electron chi connectivity index (χ4n) is 0.908. The van der Waals surface area contributed by atoms with Crippen molar-refractivity contribution in [2.24, 2.45) is 0 Å². The van der Waals surface area contributed by atoms with Crippen LogP contribution in [-0.4, -0.2) is 20.6 Å². The SMILES string of the molecule is O=P(O)(O)CP(=O)(O)Oc1ccccc1. The molecule has 0 amide bonds. The van der Waals surface area contributed by atoms with Gasteiger partial charge in [0.05, 0.1) is 0 Å². The molecule has 3 N–H and O–H groups in total. The minimum Gasteiger partial charge on any atom is -0.424 e. The van der Waals surface area contributed by atoms with Gasteiger partial charge in [0, 0.05) is 0 Å². The summed E-state index contributed by atoms with van der Waals surface area (Å²) in [4.78, 5) is 26.2. The third-order valence-electron chi connectivity index (χ3n) is 1.35. The Morgan fingerprint density at radius 3 is 2.07 bits per heavy atom. The highest BCUT2D eigenvalue weighted by molar-refractivity contribution is 7.70. The Balaban J connectivity index is 2.74. The fraction of sp³-hybridized carbons (Fsp3) is 0.143. The molecule has 0 saturated carbocycles. The molecule has 0 aliphatic rings. The van der Waals surface area contributed by atoms with Gasteiger partial charge < -0.3 is 19.2 Å². The van der Waals surface area contributed by atoms with E-state index in [0.29, 0.717) is 0 Å². The first-order chi connectivity index (χ1) is 6.79. The summed E-state index contributed by atoms with van der Waals surface area (Å²) in [5, 5.41) is 0. The van der Waals surface area contributed by atoms with Crippen molar-refractivity contribution >= 4 is 15.2 Å². The van der Waals surface area contributed by atoms with E-state index in [2.05, 4.69) is 4.52 Å². The van der Waals surface area contributed by atoms with Crippen LogP contribution in [0.5, 0.6) is 5.75 Å². The molecule has 84 valence electrons. The van der Waals surface area contributed by atoms with Gasteiger partial charge in [0.2, 0.25) is 0 Å². The Morgan fingerprint density at radius 2 is 1.60 bits per heavy atom. The lowest BCUT2D eigenvalue weighted by atomic mass is 10.3. The topological polar surface area (TPSA) is 104 Å². The molecule has 0 fully saturated rings.